The lowest BCUT2D eigenvalue weighted by molar-refractivity contribution is 0.380. The van der Waals surface area contributed by atoms with E-state index in [9.17, 15) is 0 Å². The summed E-state index contributed by atoms with van der Waals surface area (Å²) in [4.78, 5) is 9.10. The lowest BCUT2D eigenvalue weighted by Gasteiger charge is -2.17. The summed E-state index contributed by atoms with van der Waals surface area (Å²) in [6.45, 7) is 3.50. The monoisotopic (exact) mass is 407 g/mol. The molecule has 8 heteroatoms. The smallest absolute Gasteiger partial charge is 0.228 e. The number of hydrogen-bond acceptors (Lipinski definition) is 5. The molecule has 1 fully saturated rings. The van der Waals surface area contributed by atoms with Crippen LogP contribution in [-0.2, 0) is 6.42 Å². The van der Waals surface area contributed by atoms with E-state index in [2.05, 4.69) is 38.9 Å². The highest BCUT2D eigenvalue weighted by Crippen LogP contribution is 2.28. The average molecular weight is 408 g/mol. The van der Waals surface area contributed by atoms with Crippen molar-refractivity contribution in [1.82, 2.24) is 20.8 Å². The zero-order valence-electron chi connectivity index (χ0n) is 15.7. The number of halogens is 1. The molecule has 1 aliphatic carbocycles. The largest absolute Gasteiger partial charge is 0.357 e. The maximum absolute atomic E-state index is 6.02. The molecule has 0 spiro atoms. The van der Waals surface area contributed by atoms with E-state index in [1.807, 2.05) is 36.0 Å². The summed E-state index contributed by atoms with van der Waals surface area (Å²) >= 11 is 7.98. The predicted octanol–water partition coefficient (Wildman–Crippen LogP) is 3.77. The molecule has 2 N–H and O–H groups in total. The van der Waals surface area contributed by atoms with Crippen molar-refractivity contribution >= 4 is 29.3 Å². The number of rotatable bonds is 7. The van der Waals surface area contributed by atoms with Crippen molar-refractivity contribution in [3.63, 3.8) is 0 Å². The number of benzene rings is 1. The van der Waals surface area contributed by atoms with Gasteiger partial charge < -0.3 is 15.2 Å². The second kappa shape index (κ2) is 9.99. The van der Waals surface area contributed by atoms with E-state index in [0.717, 1.165) is 23.3 Å². The van der Waals surface area contributed by atoms with Crippen LogP contribution in [0.25, 0.3) is 11.4 Å². The van der Waals surface area contributed by atoms with Gasteiger partial charge >= 0.3 is 0 Å². The Hall–Kier alpha value is -1.73. The first-order valence-electron chi connectivity index (χ1n) is 9.34. The van der Waals surface area contributed by atoms with E-state index in [4.69, 9.17) is 16.1 Å². The summed E-state index contributed by atoms with van der Waals surface area (Å²) in [6.07, 6.45) is 6.45. The van der Waals surface area contributed by atoms with Gasteiger partial charge in [-0.05, 0) is 44.6 Å². The van der Waals surface area contributed by atoms with Gasteiger partial charge in [0.05, 0.1) is 6.54 Å². The zero-order chi connectivity index (χ0) is 19.1. The molecule has 27 heavy (non-hydrogen) atoms. The molecule has 0 saturated heterocycles. The van der Waals surface area contributed by atoms with Crippen LogP contribution in [0.15, 0.2) is 33.8 Å². The number of thioether (sulfide) groups is 1. The summed E-state index contributed by atoms with van der Waals surface area (Å²) in [5.74, 6) is 1.99. The molecular weight excluding hydrogens is 382 g/mol. The number of guanidine groups is 1. The lowest BCUT2D eigenvalue weighted by Crippen LogP contribution is -2.42. The third kappa shape index (κ3) is 5.87. The van der Waals surface area contributed by atoms with Crippen molar-refractivity contribution in [2.24, 2.45) is 4.99 Å². The van der Waals surface area contributed by atoms with Crippen LogP contribution in [0, 0.1) is 0 Å². The minimum absolute atomic E-state index is 0.498. The summed E-state index contributed by atoms with van der Waals surface area (Å²) in [6, 6.07) is 7.93. The molecule has 1 aromatic carbocycles. The molecule has 1 saturated carbocycles. The fourth-order valence-corrected chi connectivity index (χ4v) is 4.15. The first-order chi connectivity index (χ1) is 13.2. The van der Waals surface area contributed by atoms with Crippen LogP contribution in [0.5, 0.6) is 0 Å². The molecule has 2 atom stereocenters. The molecule has 1 aliphatic rings. The Morgan fingerprint density at radius 3 is 3.04 bits per heavy atom. The third-order valence-corrected chi connectivity index (χ3v) is 5.88. The van der Waals surface area contributed by atoms with Crippen LogP contribution >= 0.6 is 23.4 Å². The molecule has 0 bridgehead atoms. The van der Waals surface area contributed by atoms with Crippen LogP contribution in [0.1, 0.15) is 32.1 Å². The fourth-order valence-electron chi connectivity index (χ4n) is 3.16. The van der Waals surface area contributed by atoms with Gasteiger partial charge in [0.25, 0.3) is 0 Å². The summed E-state index contributed by atoms with van der Waals surface area (Å²) in [7, 11) is 0. The Labute approximate surface area is 169 Å². The molecule has 2 aromatic rings. The molecule has 2 unspecified atom stereocenters. The Kier molecular flexibility index (Phi) is 7.41. The first-order valence-corrected chi connectivity index (χ1v) is 11.0. The maximum Gasteiger partial charge on any atom is 0.228 e. The van der Waals surface area contributed by atoms with E-state index in [0.29, 0.717) is 35.7 Å². The Morgan fingerprint density at radius 1 is 1.41 bits per heavy atom. The van der Waals surface area contributed by atoms with Crippen LogP contribution in [0.3, 0.4) is 0 Å². The Bertz CT molecular complexity index is 766. The van der Waals surface area contributed by atoms with E-state index < -0.39 is 0 Å². The summed E-state index contributed by atoms with van der Waals surface area (Å²) < 4.78 is 5.35. The van der Waals surface area contributed by atoms with Gasteiger partial charge in [-0.25, -0.2) is 0 Å². The zero-order valence-corrected chi connectivity index (χ0v) is 17.3. The number of hydrogen-bond donors (Lipinski definition) is 2. The normalized spacial score (nSPS) is 20.0. The minimum atomic E-state index is 0.498. The van der Waals surface area contributed by atoms with Crippen molar-refractivity contribution in [3.8, 4) is 11.4 Å². The second-order valence-corrected chi connectivity index (χ2v) is 8.12. The van der Waals surface area contributed by atoms with Gasteiger partial charge in [-0.1, -0.05) is 28.9 Å². The summed E-state index contributed by atoms with van der Waals surface area (Å²) in [5.41, 5.74) is 0.848. The standard InChI is InChI=1S/C19H26ClN5OS/c1-3-21-19(23-15-7-8-16(12-15)27-2)22-10-9-17-24-18(25-26-17)13-5-4-6-14(20)11-13/h4-6,11,15-16H,3,7-10,12H2,1-2H3,(H2,21,22,23). The molecule has 146 valence electrons. The number of nitrogens with one attached hydrogen (secondary N) is 2. The van der Waals surface area contributed by atoms with Crippen molar-refractivity contribution < 1.29 is 4.52 Å². The molecular formula is C19H26ClN5OS. The fraction of sp³-hybridized carbons (Fsp3) is 0.526. The minimum Gasteiger partial charge on any atom is -0.357 e. The topological polar surface area (TPSA) is 75.3 Å². The molecule has 0 radical (unpaired) electrons. The van der Waals surface area contributed by atoms with Gasteiger partial charge in [0, 0.05) is 34.8 Å². The van der Waals surface area contributed by atoms with Crippen LogP contribution in [-0.4, -0.2) is 46.7 Å². The lowest BCUT2D eigenvalue weighted by atomic mass is 10.2. The first kappa shape index (κ1) is 20.0. The van der Waals surface area contributed by atoms with E-state index in [1.54, 1.807) is 0 Å². The van der Waals surface area contributed by atoms with E-state index in [-0.39, 0.29) is 0 Å². The molecule has 1 heterocycles. The van der Waals surface area contributed by atoms with Crippen LogP contribution in [0.4, 0.5) is 0 Å². The van der Waals surface area contributed by atoms with Gasteiger partial charge in [-0.3, -0.25) is 4.99 Å². The van der Waals surface area contributed by atoms with Crippen molar-refractivity contribution in [2.45, 2.75) is 43.9 Å². The summed E-state index contributed by atoms with van der Waals surface area (Å²) in [5, 5.41) is 12.3. The number of aromatic nitrogens is 2. The quantitative estimate of drug-likeness (QED) is 0.537. The average Bonchev–Trinajstić information content (AvgIpc) is 3.31. The van der Waals surface area contributed by atoms with Crippen LogP contribution < -0.4 is 10.6 Å². The van der Waals surface area contributed by atoms with Gasteiger partial charge in [0.15, 0.2) is 5.96 Å². The van der Waals surface area contributed by atoms with Crippen molar-refractivity contribution in [3.05, 3.63) is 35.2 Å². The van der Waals surface area contributed by atoms with Crippen molar-refractivity contribution in [1.29, 1.82) is 0 Å². The Morgan fingerprint density at radius 2 is 2.30 bits per heavy atom. The number of aliphatic imine (C=N–C) groups is 1. The predicted molar refractivity (Wildman–Crippen MR) is 113 cm³/mol. The molecule has 1 aromatic heterocycles. The SMILES string of the molecule is CCNC(=NCCc1nc(-c2cccc(Cl)c2)no1)NC1CCC(SC)C1. The molecule has 0 amide bonds. The Balaban J connectivity index is 1.54. The molecule has 3 rings (SSSR count). The van der Waals surface area contributed by atoms with Gasteiger partial charge in [-0.15, -0.1) is 0 Å². The highest BCUT2D eigenvalue weighted by atomic mass is 35.5. The third-order valence-electron chi connectivity index (χ3n) is 4.55. The van der Waals surface area contributed by atoms with Gasteiger partial charge in [-0.2, -0.15) is 16.7 Å². The molecule has 6 nitrogen and oxygen atoms in total. The highest BCUT2D eigenvalue weighted by Gasteiger charge is 2.24. The van der Waals surface area contributed by atoms with Crippen LogP contribution in [0.2, 0.25) is 5.02 Å². The van der Waals surface area contributed by atoms with Gasteiger partial charge in [0.2, 0.25) is 11.7 Å². The highest BCUT2D eigenvalue weighted by molar-refractivity contribution is 7.99. The van der Waals surface area contributed by atoms with E-state index in [1.165, 1.54) is 19.3 Å². The number of nitrogens with zero attached hydrogens (tertiary/aromatic N) is 3. The van der Waals surface area contributed by atoms with E-state index >= 15 is 0 Å². The molecule has 0 aliphatic heterocycles. The van der Waals surface area contributed by atoms with Gasteiger partial charge in [0.1, 0.15) is 0 Å². The maximum atomic E-state index is 6.02. The second-order valence-electron chi connectivity index (χ2n) is 6.54. The van der Waals surface area contributed by atoms with Crippen molar-refractivity contribution in [2.75, 3.05) is 19.3 Å².